The summed E-state index contributed by atoms with van der Waals surface area (Å²) in [5.41, 5.74) is 2.53. The first kappa shape index (κ1) is 14.0. The van der Waals surface area contributed by atoms with Crippen LogP contribution in [0.25, 0.3) is 0 Å². The molecule has 6 nitrogen and oxygen atoms in total. The molecule has 18 heavy (non-hydrogen) atoms. The molecule has 0 spiro atoms. The van der Waals surface area contributed by atoms with Gasteiger partial charge in [-0.25, -0.2) is 0 Å². The molecule has 0 saturated heterocycles. The Morgan fingerprint density at radius 2 is 2.06 bits per heavy atom. The lowest BCUT2D eigenvalue weighted by molar-refractivity contribution is -0.306. The Balaban J connectivity index is 2.88. The number of benzene rings is 1. The number of methoxy groups -OCH3 is 1. The number of hydrogen-bond donors (Lipinski definition) is 0. The maximum absolute atomic E-state index is 10.4. The maximum atomic E-state index is 10.4. The monoisotopic (exact) mass is 250 g/mol. The minimum absolute atomic E-state index is 0.294. The van der Waals surface area contributed by atoms with E-state index < -0.39 is 5.97 Å². The first-order valence-corrected chi connectivity index (χ1v) is 5.42. The number of aryl methyl sites for hydroxylation is 2. The van der Waals surface area contributed by atoms with Gasteiger partial charge in [-0.3, -0.25) is 5.01 Å². The molecule has 0 saturated carbocycles. The Labute approximate surface area is 106 Å². The number of carbonyl (C=O) groups is 1. The number of aliphatic carboxylic acids is 1. The highest BCUT2D eigenvalue weighted by Gasteiger charge is 2.04. The van der Waals surface area contributed by atoms with Gasteiger partial charge >= 0.3 is 0 Å². The Kier molecular flexibility index (Phi) is 4.65. The summed E-state index contributed by atoms with van der Waals surface area (Å²) < 4.78 is 5.19. The molecule has 6 heteroatoms. The summed E-state index contributed by atoms with van der Waals surface area (Å²) in [4.78, 5) is 10.4. The van der Waals surface area contributed by atoms with Crippen molar-refractivity contribution in [3.05, 3.63) is 23.3 Å². The topological polar surface area (TPSA) is 77.3 Å². The van der Waals surface area contributed by atoms with Crippen molar-refractivity contribution in [2.75, 3.05) is 20.7 Å². The van der Waals surface area contributed by atoms with Crippen molar-refractivity contribution >= 4 is 11.7 Å². The third kappa shape index (κ3) is 3.73. The maximum Gasteiger partial charge on any atom is 0.122 e. The third-order valence-corrected chi connectivity index (χ3v) is 2.38. The minimum atomic E-state index is -1.20. The van der Waals surface area contributed by atoms with Crippen LogP contribution >= 0.6 is 0 Å². The van der Waals surface area contributed by atoms with E-state index in [1.807, 2.05) is 26.0 Å². The van der Waals surface area contributed by atoms with Crippen LogP contribution in [-0.2, 0) is 4.79 Å². The average Bonchev–Trinajstić information content (AvgIpc) is 2.28. The van der Waals surface area contributed by atoms with Crippen LogP contribution in [0.3, 0.4) is 0 Å². The fraction of sp³-hybridized carbons (Fsp3) is 0.417. The lowest BCUT2D eigenvalue weighted by Crippen LogP contribution is -2.33. The first-order valence-electron chi connectivity index (χ1n) is 5.42. The molecule has 0 radical (unpaired) electrons. The number of rotatable bonds is 5. The smallest absolute Gasteiger partial charge is 0.122 e. The van der Waals surface area contributed by atoms with Gasteiger partial charge < -0.3 is 14.6 Å². The minimum Gasteiger partial charge on any atom is -0.548 e. The summed E-state index contributed by atoms with van der Waals surface area (Å²) in [6, 6.07) is 3.70. The van der Waals surface area contributed by atoms with E-state index in [4.69, 9.17) is 4.74 Å². The Morgan fingerprint density at radius 1 is 1.39 bits per heavy atom. The van der Waals surface area contributed by atoms with Crippen molar-refractivity contribution in [3.63, 3.8) is 0 Å². The van der Waals surface area contributed by atoms with E-state index in [0.717, 1.165) is 16.9 Å². The predicted molar refractivity (Wildman–Crippen MR) is 64.6 cm³/mol. The molecular weight excluding hydrogens is 234 g/mol. The molecule has 0 heterocycles. The van der Waals surface area contributed by atoms with Crippen LogP contribution in [0.15, 0.2) is 22.5 Å². The summed E-state index contributed by atoms with van der Waals surface area (Å²) in [7, 11) is 3.13. The van der Waals surface area contributed by atoms with E-state index in [-0.39, 0.29) is 6.54 Å². The van der Waals surface area contributed by atoms with Crippen LogP contribution in [0, 0.1) is 13.8 Å². The molecule has 0 unspecified atom stereocenters. The molecule has 0 aliphatic heterocycles. The standard InChI is InChI=1S/C12H17N3O3/c1-8-6-11(18-4)9(2)5-10(8)13-14-15(3)7-12(16)17/h5-6H,7H2,1-4H3,(H,16,17)/p-1. The predicted octanol–water partition coefficient (Wildman–Crippen LogP) is 0.992. The molecular formula is C12H16N3O3-. The largest absolute Gasteiger partial charge is 0.548 e. The lowest BCUT2D eigenvalue weighted by atomic mass is 10.1. The van der Waals surface area contributed by atoms with Gasteiger partial charge in [0, 0.05) is 7.05 Å². The van der Waals surface area contributed by atoms with Gasteiger partial charge in [0.1, 0.15) is 5.75 Å². The van der Waals surface area contributed by atoms with Crippen LogP contribution in [0.5, 0.6) is 5.75 Å². The van der Waals surface area contributed by atoms with Gasteiger partial charge in [0.15, 0.2) is 0 Å². The number of nitrogens with zero attached hydrogens (tertiary/aromatic N) is 3. The highest BCUT2D eigenvalue weighted by atomic mass is 16.5. The summed E-state index contributed by atoms with van der Waals surface area (Å²) in [6.45, 7) is 3.49. The summed E-state index contributed by atoms with van der Waals surface area (Å²) in [5, 5.41) is 19.3. The Hall–Kier alpha value is -2.11. The third-order valence-electron chi connectivity index (χ3n) is 2.38. The molecule has 1 aromatic rings. The van der Waals surface area contributed by atoms with E-state index in [1.165, 1.54) is 12.1 Å². The van der Waals surface area contributed by atoms with E-state index in [1.54, 1.807) is 7.11 Å². The molecule has 0 aromatic heterocycles. The summed E-state index contributed by atoms with van der Waals surface area (Å²) in [6.07, 6.45) is 0. The number of likely N-dealkylation sites (N-methyl/N-ethyl adjacent to an activating group) is 1. The molecule has 0 N–H and O–H groups in total. The molecule has 98 valence electrons. The summed E-state index contributed by atoms with van der Waals surface area (Å²) >= 11 is 0. The second kappa shape index (κ2) is 6.00. The van der Waals surface area contributed by atoms with Crippen molar-refractivity contribution in [1.82, 2.24) is 5.01 Å². The SMILES string of the molecule is COc1cc(C)c(N=NN(C)CC(=O)[O-])cc1C. The second-order valence-electron chi connectivity index (χ2n) is 3.99. The average molecular weight is 250 g/mol. The second-order valence-corrected chi connectivity index (χ2v) is 3.99. The van der Waals surface area contributed by atoms with Crippen LogP contribution in [0.4, 0.5) is 5.69 Å². The van der Waals surface area contributed by atoms with Crippen molar-refractivity contribution in [1.29, 1.82) is 0 Å². The molecule has 1 aromatic carbocycles. The molecule has 0 aliphatic rings. The van der Waals surface area contributed by atoms with Gasteiger partial charge in [-0.2, -0.15) is 0 Å². The van der Waals surface area contributed by atoms with Gasteiger partial charge in [-0.15, -0.1) is 5.11 Å². The summed E-state index contributed by atoms with van der Waals surface area (Å²) in [5.74, 6) is -0.409. The van der Waals surface area contributed by atoms with E-state index in [2.05, 4.69) is 10.3 Å². The number of hydrogen-bond acceptors (Lipinski definition) is 5. The van der Waals surface area contributed by atoms with Crippen LogP contribution < -0.4 is 9.84 Å². The normalized spacial score (nSPS) is 10.7. The highest BCUT2D eigenvalue weighted by molar-refractivity contribution is 5.66. The lowest BCUT2D eigenvalue weighted by Gasteiger charge is -2.12. The molecule has 1 rings (SSSR count). The molecule has 0 fully saturated rings. The number of carboxylic acid groups (broad SMARTS) is 1. The van der Waals surface area contributed by atoms with E-state index in [0.29, 0.717) is 5.69 Å². The van der Waals surface area contributed by atoms with Gasteiger partial charge in [-0.05, 0) is 37.1 Å². The fourth-order valence-corrected chi connectivity index (χ4v) is 1.45. The molecule has 0 atom stereocenters. The quantitative estimate of drug-likeness (QED) is 0.576. The Morgan fingerprint density at radius 3 is 2.61 bits per heavy atom. The van der Waals surface area contributed by atoms with Gasteiger partial charge in [0.25, 0.3) is 0 Å². The molecule has 0 bridgehead atoms. The van der Waals surface area contributed by atoms with Crippen molar-refractivity contribution in [2.45, 2.75) is 13.8 Å². The number of ether oxygens (including phenoxy) is 1. The zero-order chi connectivity index (χ0) is 13.7. The van der Waals surface area contributed by atoms with Crippen molar-refractivity contribution < 1.29 is 14.6 Å². The molecule has 0 aliphatic carbocycles. The van der Waals surface area contributed by atoms with Gasteiger partial charge in [0.2, 0.25) is 0 Å². The van der Waals surface area contributed by atoms with Crippen molar-refractivity contribution in [3.8, 4) is 5.75 Å². The zero-order valence-electron chi connectivity index (χ0n) is 10.9. The zero-order valence-corrected chi connectivity index (χ0v) is 10.9. The number of carbonyl (C=O) groups excluding carboxylic acids is 1. The van der Waals surface area contributed by atoms with Gasteiger partial charge in [-0.1, -0.05) is 5.22 Å². The van der Waals surface area contributed by atoms with Crippen LogP contribution in [0.2, 0.25) is 0 Å². The Bertz CT molecular complexity index is 472. The van der Waals surface area contributed by atoms with E-state index >= 15 is 0 Å². The highest BCUT2D eigenvalue weighted by Crippen LogP contribution is 2.28. The fourth-order valence-electron chi connectivity index (χ4n) is 1.45. The van der Waals surface area contributed by atoms with Crippen LogP contribution in [-0.4, -0.2) is 31.7 Å². The van der Waals surface area contributed by atoms with Crippen molar-refractivity contribution in [2.24, 2.45) is 10.3 Å². The van der Waals surface area contributed by atoms with Gasteiger partial charge in [0.05, 0.1) is 25.3 Å². The van der Waals surface area contributed by atoms with E-state index in [9.17, 15) is 9.90 Å². The van der Waals surface area contributed by atoms with Crippen LogP contribution in [0.1, 0.15) is 11.1 Å². The first-order chi connectivity index (χ1) is 8.43. The molecule has 0 amide bonds. The number of carboxylic acids is 1.